The second-order valence-electron chi connectivity index (χ2n) is 7.10. The van der Waals surface area contributed by atoms with E-state index in [-0.39, 0.29) is 17.1 Å². The number of carbonyl (C=O) groups is 2. The van der Waals surface area contributed by atoms with E-state index in [1.807, 2.05) is 69.3 Å². The smallest absolute Gasteiger partial charge is 0.293 e. The van der Waals surface area contributed by atoms with E-state index < -0.39 is 0 Å². The molecule has 5 nitrogen and oxygen atoms in total. The minimum Gasteiger partial charge on any atom is -0.490 e. The first kappa shape index (κ1) is 21.0. The topological polar surface area (TPSA) is 55.8 Å². The van der Waals surface area contributed by atoms with Crippen LogP contribution < -0.4 is 9.47 Å². The Morgan fingerprint density at radius 3 is 2.48 bits per heavy atom. The number of ether oxygens (including phenoxy) is 2. The molecular weight excluding hydrogens is 386 g/mol. The normalized spacial score (nSPS) is 15.4. The lowest BCUT2D eigenvalue weighted by atomic mass is 10.1. The number of hydrogen-bond acceptors (Lipinski definition) is 5. The first-order valence-electron chi connectivity index (χ1n) is 9.67. The summed E-state index contributed by atoms with van der Waals surface area (Å²) in [7, 11) is 0. The molecule has 152 valence electrons. The van der Waals surface area contributed by atoms with Crippen LogP contribution in [0.25, 0.3) is 6.08 Å². The molecule has 0 aliphatic carbocycles. The Hall–Kier alpha value is -2.73. The molecule has 0 radical (unpaired) electrons. The summed E-state index contributed by atoms with van der Waals surface area (Å²) in [5.41, 5.74) is 1.86. The standard InChI is InChI=1S/C23H25NO4S/c1-4-27-20-12-18(10-11-19(20)28-15-17-8-6-5-7-9-17)13-21-22(25)24(14-16(2)3)23(26)29-21/h5-13,16H,4,14-15H2,1-3H3/b21-13+. The molecule has 1 fully saturated rings. The van der Waals surface area contributed by atoms with Gasteiger partial charge in [0.2, 0.25) is 0 Å². The van der Waals surface area contributed by atoms with Gasteiger partial charge in [0.1, 0.15) is 6.61 Å². The van der Waals surface area contributed by atoms with E-state index in [2.05, 4.69) is 0 Å². The van der Waals surface area contributed by atoms with Crippen molar-refractivity contribution in [1.82, 2.24) is 4.90 Å². The largest absolute Gasteiger partial charge is 0.490 e. The summed E-state index contributed by atoms with van der Waals surface area (Å²) in [6.45, 7) is 7.23. The molecule has 3 rings (SSSR count). The number of imide groups is 1. The summed E-state index contributed by atoms with van der Waals surface area (Å²) in [5.74, 6) is 1.24. The van der Waals surface area contributed by atoms with Crippen LogP contribution in [0, 0.1) is 5.92 Å². The first-order valence-corrected chi connectivity index (χ1v) is 10.5. The summed E-state index contributed by atoms with van der Waals surface area (Å²) < 4.78 is 11.6. The molecule has 2 amide bonds. The van der Waals surface area contributed by atoms with Crippen molar-refractivity contribution >= 4 is 29.0 Å². The van der Waals surface area contributed by atoms with E-state index in [1.165, 1.54) is 4.90 Å². The van der Waals surface area contributed by atoms with Gasteiger partial charge in [0.05, 0.1) is 11.5 Å². The number of rotatable bonds is 8. The summed E-state index contributed by atoms with van der Waals surface area (Å²) in [4.78, 5) is 26.4. The predicted molar refractivity (Wildman–Crippen MR) is 116 cm³/mol. The van der Waals surface area contributed by atoms with Gasteiger partial charge in [-0.25, -0.2) is 0 Å². The maximum absolute atomic E-state index is 12.6. The van der Waals surface area contributed by atoms with Crippen LogP contribution in [-0.2, 0) is 11.4 Å². The van der Waals surface area contributed by atoms with E-state index in [0.717, 1.165) is 22.9 Å². The molecular formula is C23H25NO4S. The highest BCUT2D eigenvalue weighted by Gasteiger charge is 2.35. The molecule has 1 saturated heterocycles. The first-order chi connectivity index (χ1) is 14.0. The molecule has 0 saturated carbocycles. The van der Waals surface area contributed by atoms with Crippen molar-refractivity contribution in [3.63, 3.8) is 0 Å². The average Bonchev–Trinajstić information content (AvgIpc) is 2.95. The summed E-state index contributed by atoms with van der Waals surface area (Å²) in [5, 5.41) is -0.220. The number of hydrogen-bond donors (Lipinski definition) is 0. The summed E-state index contributed by atoms with van der Waals surface area (Å²) >= 11 is 0.976. The number of nitrogens with zero attached hydrogens (tertiary/aromatic N) is 1. The zero-order valence-corrected chi connectivity index (χ0v) is 17.7. The lowest BCUT2D eigenvalue weighted by Crippen LogP contribution is -2.31. The molecule has 0 atom stereocenters. The molecule has 6 heteroatoms. The molecule has 1 heterocycles. The third-order valence-corrected chi connectivity index (χ3v) is 5.13. The number of benzene rings is 2. The number of amides is 2. The van der Waals surface area contributed by atoms with Gasteiger partial charge in [-0.15, -0.1) is 0 Å². The van der Waals surface area contributed by atoms with Gasteiger partial charge in [-0.2, -0.15) is 0 Å². The second-order valence-corrected chi connectivity index (χ2v) is 8.09. The molecule has 1 aliphatic heterocycles. The van der Waals surface area contributed by atoms with Crippen LogP contribution in [-0.4, -0.2) is 29.2 Å². The van der Waals surface area contributed by atoms with Crippen molar-refractivity contribution in [3.05, 3.63) is 64.6 Å². The molecule has 0 spiro atoms. The Morgan fingerprint density at radius 1 is 1.03 bits per heavy atom. The van der Waals surface area contributed by atoms with E-state index >= 15 is 0 Å². The van der Waals surface area contributed by atoms with Crippen LogP contribution >= 0.6 is 11.8 Å². The van der Waals surface area contributed by atoms with E-state index in [4.69, 9.17) is 9.47 Å². The van der Waals surface area contributed by atoms with Crippen LogP contribution in [0.4, 0.5) is 4.79 Å². The minimum atomic E-state index is -0.240. The molecule has 0 unspecified atom stereocenters. The fourth-order valence-electron chi connectivity index (χ4n) is 2.91. The van der Waals surface area contributed by atoms with Crippen molar-refractivity contribution in [3.8, 4) is 11.5 Å². The maximum Gasteiger partial charge on any atom is 0.293 e. The molecule has 29 heavy (non-hydrogen) atoms. The van der Waals surface area contributed by atoms with Crippen molar-refractivity contribution in [2.75, 3.05) is 13.2 Å². The fourth-order valence-corrected chi connectivity index (χ4v) is 3.76. The van der Waals surface area contributed by atoms with Gasteiger partial charge >= 0.3 is 0 Å². The number of carbonyl (C=O) groups excluding carboxylic acids is 2. The Morgan fingerprint density at radius 2 is 1.79 bits per heavy atom. The molecule has 1 aliphatic rings. The lowest BCUT2D eigenvalue weighted by Gasteiger charge is -2.14. The Kier molecular flexibility index (Phi) is 6.99. The van der Waals surface area contributed by atoms with Crippen molar-refractivity contribution in [2.24, 2.45) is 5.92 Å². The molecule has 0 aromatic heterocycles. The second kappa shape index (κ2) is 9.65. The molecule has 2 aromatic rings. The highest BCUT2D eigenvalue weighted by molar-refractivity contribution is 8.18. The Labute approximate surface area is 175 Å². The van der Waals surface area contributed by atoms with Crippen molar-refractivity contribution in [2.45, 2.75) is 27.4 Å². The van der Waals surface area contributed by atoms with Gasteiger partial charge < -0.3 is 9.47 Å². The van der Waals surface area contributed by atoms with Crippen LogP contribution in [0.5, 0.6) is 11.5 Å². The van der Waals surface area contributed by atoms with Crippen LogP contribution in [0.15, 0.2) is 53.4 Å². The van der Waals surface area contributed by atoms with Gasteiger partial charge in [-0.05, 0) is 53.9 Å². The van der Waals surface area contributed by atoms with Gasteiger partial charge in [0.15, 0.2) is 11.5 Å². The molecule has 2 aromatic carbocycles. The molecule has 0 bridgehead atoms. The highest BCUT2D eigenvalue weighted by atomic mass is 32.2. The minimum absolute atomic E-state index is 0.220. The quantitative estimate of drug-likeness (QED) is 0.548. The predicted octanol–water partition coefficient (Wildman–Crippen LogP) is 5.36. The van der Waals surface area contributed by atoms with E-state index in [1.54, 1.807) is 6.08 Å². The maximum atomic E-state index is 12.6. The molecule has 0 N–H and O–H groups in total. The third kappa shape index (κ3) is 5.41. The average molecular weight is 412 g/mol. The highest BCUT2D eigenvalue weighted by Crippen LogP contribution is 2.35. The van der Waals surface area contributed by atoms with Crippen molar-refractivity contribution < 1.29 is 19.1 Å². The Balaban J connectivity index is 1.78. The van der Waals surface area contributed by atoms with Gasteiger partial charge in [0, 0.05) is 6.54 Å². The van der Waals surface area contributed by atoms with Gasteiger partial charge in [-0.1, -0.05) is 50.2 Å². The lowest BCUT2D eigenvalue weighted by molar-refractivity contribution is -0.123. The fraction of sp³-hybridized carbons (Fsp3) is 0.304. The zero-order valence-electron chi connectivity index (χ0n) is 16.9. The van der Waals surface area contributed by atoms with Gasteiger partial charge in [0.25, 0.3) is 11.1 Å². The zero-order chi connectivity index (χ0) is 20.8. The summed E-state index contributed by atoms with van der Waals surface area (Å²) in [6.07, 6.45) is 1.73. The van der Waals surface area contributed by atoms with Crippen LogP contribution in [0.2, 0.25) is 0 Å². The summed E-state index contributed by atoms with van der Waals surface area (Å²) in [6, 6.07) is 15.4. The third-order valence-electron chi connectivity index (χ3n) is 4.22. The van der Waals surface area contributed by atoms with Crippen LogP contribution in [0.1, 0.15) is 31.9 Å². The van der Waals surface area contributed by atoms with Crippen molar-refractivity contribution in [1.29, 1.82) is 0 Å². The van der Waals surface area contributed by atoms with E-state index in [9.17, 15) is 9.59 Å². The number of thioether (sulfide) groups is 1. The van der Waals surface area contributed by atoms with Crippen LogP contribution in [0.3, 0.4) is 0 Å². The Bertz CT molecular complexity index is 908. The van der Waals surface area contributed by atoms with Gasteiger partial charge in [-0.3, -0.25) is 14.5 Å². The SMILES string of the molecule is CCOc1cc(/C=C2/SC(=O)N(CC(C)C)C2=O)ccc1OCc1ccccc1. The monoisotopic (exact) mass is 411 g/mol. The van der Waals surface area contributed by atoms with E-state index in [0.29, 0.717) is 36.2 Å².